The lowest BCUT2D eigenvalue weighted by molar-refractivity contribution is 0.109. The van der Waals surface area contributed by atoms with Crippen LogP contribution in [0.5, 0.6) is 11.5 Å². The highest BCUT2D eigenvalue weighted by Gasteiger charge is 2.19. The van der Waals surface area contributed by atoms with Crippen LogP contribution in [0.25, 0.3) is 0 Å². The number of carbonyl (C=O) groups excluding carboxylic acids is 1. The molecular formula is C16H15NO3S. The minimum absolute atomic E-state index is 0.312. The summed E-state index contributed by atoms with van der Waals surface area (Å²) in [4.78, 5) is 13.4. The largest absolute Gasteiger partial charge is 0.455 e. The summed E-state index contributed by atoms with van der Waals surface area (Å²) in [5.41, 5.74) is 0.938. The molecule has 1 heterocycles. The van der Waals surface area contributed by atoms with E-state index in [1.807, 2.05) is 49.4 Å². The molecule has 1 atom stereocenters. The highest BCUT2D eigenvalue weighted by Crippen LogP contribution is 2.47. The second-order valence-corrected chi connectivity index (χ2v) is 5.74. The van der Waals surface area contributed by atoms with E-state index in [2.05, 4.69) is 5.32 Å². The molecule has 0 fully saturated rings. The molecule has 1 amide bonds. The summed E-state index contributed by atoms with van der Waals surface area (Å²) in [7, 11) is 1.54. The van der Waals surface area contributed by atoms with Crippen molar-refractivity contribution < 1.29 is 14.3 Å². The van der Waals surface area contributed by atoms with Gasteiger partial charge >= 0.3 is 6.09 Å². The molecule has 1 aliphatic heterocycles. The average Bonchev–Trinajstić information content (AvgIpc) is 2.52. The fourth-order valence-electron chi connectivity index (χ4n) is 2.08. The summed E-state index contributed by atoms with van der Waals surface area (Å²) in [5, 5.41) is 2.45. The molecule has 4 nitrogen and oxygen atoms in total. The van der Waals surface area contributed by atoms with Crippen LogP contribution in [0, 0.1) is 0 Å². The number of ether oxygens (including phenoxy) is 2. The van der Waals surface area contributed by atoms with Gasteiger partial charge in [0.15, 0.2) is 0 Å². The van der Waals surface area contributed by atoms with Crippen LogP contribution in [0.2, 0.25) is 0 Å². The summed E-state index contributed by atoms with van der Waals surface area (Å²) >= 11 is 1.66. The van der Waals surface area contributed by atoms with Crippen molar-refractivity contribution in [1.82, 2.24) is 5.32 Å². The molecule has 0 aromatic heterocycles. The summed E-state index contributed by atoms with van der Waals surface area (Å²) in [6, 6.07) is 13.8. The first-order valence-corrected chi connectivity index (χ1v) is 7.46. The number of amides is 1. The molecule has 0 saturated carbocycles. The number of rotatable bonds is 2. The molecule has 108 valence electrons. The summed E-state index contributed by atoms with van der Waals surface area (Å²) in [6.45, 7) is 1.85. The average molecular weight is 301 g/mol. The van der Waals surface area contributed by atoms with Gasteiger partial charge in [0, 0.05) is 7.05 Å². The number of benzene rings is 2. The van der Waals surface area contributed by atoms with Gasteiger partial charge in [0.25, 0.3) is 0 Å². The van der Waals surface area contributed by atoms with E-state index >= 15 is 0 Å². The van der Waals surface area contributed by atoms with E-state index in [1.54, 1.807) is 18.8 Å². The molecule has 2 aromatic carbocycles. The smallest absolute Gasteiger partial charge is 0.407 e. The van der Waals surface area contributed by atoms with Gasteiger partial charge < -0.3 is 14.8 Å². The van der Waals surface area contributed by atoms with Crippen LogP contribution in [0.4, 0.5) is 4.79 Å². The van der Waals surface area contributed by atoms with Gasteiger partial charge in [0.05, 0.1) is 9.79 Å². The van der Waals surface area contributed by atoms with Crippen LogP contribution in [-0.4, -0.2) is 13.1 Å². The maximum absolute atomic E-state index is 11.3. The second-order valence-electron chi connectivity index (χ2n) is 4.65. The Hall–Kier alpha value is -2.14. The van der Waals surface area contributed by atoms with Crippen molar-refractivity contribution in [3.63, 3.8) is 0 Å². The van der Waals surface area contributed by atoms with E-state index in [0.717, 1.165) is 26.9 Å². The molecule has 3 rings (SSSR count). The highest BCUT2D eigenvalue weighted by molar-refractivity contribution is 7.99. The molecule has 5 heteroatoms. The Balaban J connectivity index is 1.85. The maximum atomic E-state index is 11.3. The van der Waals surface area contributed by atoms with Crippen molar-refractivity contribution in [2.75, 3.05) is 7.05 Å². The molecule has 1 aliphatic rings. The van der Waals surface area contributed by atoms with Crippen LogP contribution < -0.4 is 10.1 Å². The Morgan fingerprint density at radius 2 is 1.95 bits per heavy atom. The van der Waals surface area contributed by atoms with E-state index in [4.69, 9.17) is 9.47 Å². The van der Waals surface area contributed by atoms with Crippen molar-refractivity contribution in [3.05, 3.63) is 48.0 Å². The van der Waals surface area contributed by atoms with E-state index in [9.17, 15) is 4.79 Å². The van der Waals surface area contributed by atoms with Gasteiger partial charge in [-0.25, -0.2) is 4.79 Å². The van der Waals surface area contributed by atoms with Gasteiger partial charge in [-0.1, -0.05) is 30.0 Å². The molecule has 21 heavy (non-hydrogen) atoms. The van der Waals surface area contributed by atoms with E-state index in [-0.39, 0.29) is 6.10 Å². The standard InChI is InChI=1S/C16H15NO3S/c1-10(19-16(18)17-2)11-7-8-13-15(9-11)21-14-6-4-3-5-12(14)20-13/h3-10H,1-2H3,(H,17,18)/t10-/m0/s1. The Morgan fingerprint density at radius 1 is 1.19 bits per heavy atom. The number of carbonyl (C=O) groups is 1. The molecule has 0 spiro atoms. The third-order valence-electron chi connectivity index (χ3n) is 3.21. The van der Waals surface area contributed by atoms with Gasteiger partial charge in [0.2, 0.25) is 0 Å². The van der Waals surface area contributed by atoms with Gasteiger partial charge in [-0.05, 0) is 36.8 Å². The maximum Gasteiger partial charge on any atom is 0.407 e. The Morgan fingerprint density at radius 3 is 2.76 bits per heavy atom. The highest BCUT2D eigenvalue weighted by atomic mass is 32.2. The minimum atomic E-state index is -0.436. The molecule has 0 aliphatic carbocycles. The number of para-hydroxylation sites is 1. The first-order chi connectivity index (χ1) is 10.2. The van der Waals surface area contributed by atoms with Crippen molar-refractivity contribution in [2.45, 2.75) is 22.8 Å². The molecule has 2 aromatic rings. The van der Waals surface area contributed by atoms with Crippen molar-refractivity contribution in [2.24, 2.45) is 0 Å². The van der Waals surface area contributed by atoms with Crippen molar-refractivity contribution in [1.29, 1.82) is 0 Å². The number of hydrogen-bond donors (Lipinski definition) is 1. The van der Waals surface area contributed by atoms with Gasteiger partial charge in [-0.3, -0.25) is 0 Å². The third-order valence-corrected chi connectivity index (χ3v) is 4.31. The van der Waals surface area contributed by atoms with Crippen molar-refractivity contribution in [3.8, 4) is 11.5 Å². The summed E-state index contributed by atoms with van der Waals surface area (Å²) in [5.74, 6) is 1.70. The van der Waals surface area contributed by atoms with Crippen LogP contribution in [0.15, 0.2) is 52.3 Å². The lowest BCUT2D eigenvalue weighted by Crippen LogP contribution is -2.20. The third kappa shape index (κ3) is 2.83. The molecule has 0 radical (unpaired) electrons. The number of hydrogen-bond acceptors (Lipinski definition) is 4. The zero-order valence-corrected chi connectivity index (χ0v) is 12.6. The molecule has 0 saturated heterocycles. The van der Waals surface area contributed by atoms with E-state index in [0.29, 0.717) is 0 Å². The molecule has 0 unspecified atom stereocenters. The number of alkyl carbamates (subject to hydrolysis) is 1. The predicted molar refractivity (Wildman–Crippen MR) is 81.0 cm³/mol. The zero-order chi connectivity index (χ0) is 14.8. The zero-order valence-electron chi connectivity index (χ0n) is 11.8. The van der Waals surface area contributed by atoms with E-state index in [1.165, 1.54) is 0 Å². The Kier molecular flexibility index (Phi) is 3.75. The first kappa shape index (κ1) is 13.8. The minimum Gasteiger partial charge on any atom is -0.455 e. The fourth-order valence-corrected chi connectivity index (χ4v) is 3.08. The molecular weight excluding hydrogens is 286 g/mol. The van der Waals surface area contributed by atoms with Crippen LogP contribution >= 0.6 is 11.8 Å². The monoisotopic (exact) mass is 301 g/mol. The number of nitrogens with one attached hydrogen (secondary N) is 1. The first-order valence-electron chi connectivity index (χ1n) is 6.64. The second kappa shape index (κ2) is 5.69. The van der Waals surface area contributed by atoms with Crippen LogP contribution in [-0.2, 0) is 4.74 Å². The normalized spacial score (nSPS) is 13.4. The summed E-state index contributed by atoms with van der Waals surface area (Å²) < 4.78 is 11.1. The SMILES string of the molecule is CNC(=O)O[C@@H](C)c1ccc2c(c1)Sc1ccccc1O2. The van der Waals surface area contributed by atoms with Gasteiger partial charge in [-0.2, -0.15) is 0 Å². The van der Waals surface area contributed by atoms with Crippen LogP contribution in [0.3, 0.4) is 0 Å². The lowest BCUT2D eigenvalue weighted by Gasteiger charge is -2.21. The van der Waals surface area contributed by atoms with Gasteiger partial charge in [-0.15, -0.1) is 0 Å². The predicted octanol–water partition coefficient (Wildman–Crippen LogP) is 4.36. The van der Waals surface area contributed by atoms with Crippen LogP contribution in [0.1, 0.15) is 18.6 Å². The molecule has 1 N–H and O–H groups in total. The molecule has 0 bridgehead atoms. The lowest BCUT2D eigenvalue weighted by atomic mass is 10.1. The fraction of sp³-hybridized carbons (Fsp3) is 0.188. The quantitative estimate of drug-likeness (QED) is 0.764. The topological polar surface area (TPSA) is 47.6 Å². The van der Waals surface area contributed by atoms with E-state index < -0.39 is 6.09 Å². The number of fused-ring (bicyclic) bond motifs is 2. The summed E-state index contributed by atoms with van der Waals surface area (Å²) in [6.07, 6.45) is -0.748. The van der Waals surface area contributed by atoms with Gasteiger partial charge in [0.1, 0.15) is 17.6 Å². The Labute approximate surface area is 127 Å². The van der Waals surface area contributed by atoms with Crippen molar-refractivity contribution >= 4 is 17.9 Å². The Bertz CT molecular complexity index is 687.